The van der Waals surface area contributed by atoms with Crippen molar-refractivity contribution in [2.24, 2.45) is 11.8 Å². The first-order valence-corrected chi connectivity index (χ1v) is 7.53. The highest BCUT2D eigenvalue weighted by molar-refractivity contribution is 5.35. The van der Waals surface area contributed by atoms with Gasteiger partial charge in [0.15, 0.2) is 0 Å². The van der Waals surface area contributed by atoms with Crippen LogP contribution in [0.15, 0.2) is 18.3 Å². The number of piperidine rings is 1. The Morgan fingerprint density at radius 3 is 2.74 bits per heavy atom. The van der Waals surface area contributed by atoms with E-state index >= 15 is 0 Å². The third-order valence-corrected chi connectivity index (χ3v) is 4.29. The second-order valence-electron chi connectivity index (χ2n) is 6.07. The van der Waals surface area contributed by atoms with Gasteiger partial charge in [-0.2, -0.15) is 0 Å². The zero-order chi connectivity index (χ0) is 13.8. The number of rotatable bonds is 4. The van der Waals surface area contributed by atoms with Gasteiger partial charge in [-0.3, -0.25) is 4.90 Å². The van der Waals surface area contributed by atoms with Crippen LogP contribution in [0, 0.1) is 11.8 Å². The summed E-state index contributed by atoms with van der Waals surface area (Å²) in [6.07, 6.45) is 3.37. The third kappa shape index (κ3) is 3.69. The van der Waals surface area contributed by atoms with Gasteiger partial charge in [0, 0.05) is 31.9 Å². The van der Waals surface area contributed by atoms with Crippen molar-refractivity contribution < 1.29 is 0 Å². The molecule has 3 atom stereocenters. The maximum Gasteiger partial charge on any atom is 0.125 e. The Morgan fingerprint density at radius 2 is 2.11 bits per heavy atom. The normalized spacial score (nSPS) is 28.3. The van der Waals surface area contributed by atoms with Crippen LogP contribution in [0.5, 0.6) is 0 Å². The van der Waals surface area contributed by atoms with E-state index in [1.807, 2.05) is 6.20 Å². The quantitative estimate of drug-likeness (QED) is 0.900. The van der Waals surface area contributed by atoms with Gasteiger partial charge in [0.05, 0.1) is 0 Å². The molecular formula is C16H27N3. The van der Waals surface area contributed by atoms with E-state index in [1.54, 1.807) is 0 Å². The molecule has 0 saturated carbocycles. The highest BCUT2D eigenvalue weighted by Gasteiger charge is 2.28. The van der Waals surface area contributed by atoms with Crippen LogP contribution in [0.4, 0.5) is 5.82 Å². The molecule has 0 spiro atoms. The van der Waals surface area contributed by atoms with Crippen LogP contribution in [-0.4, -0.2) is 29.0 Å². The van der Waals surface area contributed by atoms with Crippen LogP contribution in [-0.2, 0) is 6.54 Å². The van der Waals surface area contributed by atoms with E-state index in [-0.39, 0.29) is 0 Å². The van der Waals surface area contributed by atoms with E-state index in [0.717, 1.165) is 30.7 Å². The Morgan fingerprint density at radius 1 is 1.32 bits per heavy atom. The largest absolute Gasteiger partial charge is 0.370 e. The number of anilines is 1. The Hall–Kier alpha value is -1.09. The molecule has 3 nitrogen and oxygen atoms in total. The molecule has 0 radical (unpaired) electrons. The molecule has 1 N–H and O–H groups in total. The molecule has 0 aromatic carbocycles. The molecule has 106 valence electrons. The summed E-state index contributed by atoms with van der Waals surface area (Å²) in [4.78, 5) is 7.06. The zero-order valence-electron chi connectivity index (χ0n) is 12.7. The average Bonchev–Trinajstić information content (AvgIpc) is 2.38. The van der Waals surface area contributed by atoms with Crippen molar-refractivity contribution >= 4 is 5.82 Å². The van der Waals surface area contributed by atoms with Gasteiger partial charge in [-0.15, -0.1) is 0 Å². The van der Waals surface area contributed by atoms with Crippen LogP contribution in [0.3, 0.4) is 0 Å². The number of hydrogen-bond acceptors (Lipinski definition) is 3. The lowest BCUT2D eigenvalue weighted by molar-refractivity contribution is 0.0729. The molecule has 1 aliphatic rings. The van der Waals surface area contributed by atoms with Crippen molar-refractivity contribution in [3.05, 3.63) is 23.9 Å². The highest BCUT2D eigenvalue weighted by Crippen LogP contribution is 2.28. The second-order valence-corrected chi connectivity index (χ2v) is 6.07. The Labute approximate surface area is 117 Å². The van der Waals surface area contributed by atoms with E-state index in [1.165, 1.54) is 18.5 Å². The van der Waals surface area contributed by atoms with Gasteiger partial charge in [0.1, 0.15) is 5.82 Å². The number of pyridine rings is 1. The Bertz CT molecular complexity index is 387. The summed E-state index contributed by atoms with van der Waals surface area (Å²) in [5, 5.41) is 3.24. The second kappa shape index (κ2) is 6.38. The summed E-state index contributed by atoms with van der Waals surface area (Å²) in [6.45, 7) is 12.3. The predicted molar refractivity (Wildman–Crippen MR) is 81.2 cm³/mol. The Balaban J connectivity index is 1.99. The molecule has 1 fully saturated rings. The molecule has 19 heavy (non-hydrogen) atoms. The number of nitrogens with zero attached hydrogens (tertiary/aromatic N) is 2. The minimum absolute atomic E-state index is 0.671. The average molecular weight is 261 g/mol. The van der Waals surface area contributed by atoms with Gasteiger partial charge in [-0.05, 0) is 43.7 Å². The van der Waals surface area contributed by atoms with Crippen molar-refractivity contribution in [3.63, 3.8) is 0 Å². The molecular weight excluding hydrogens is 234 g/mol. The van der Waals surface area contributed by atoms with E-state index in [0.29, 0.717) is 6.04 Å². The highest BCUT2D eigenvalue weighted by atomic mass is 15.2. The summed E-state index contributed by atoms with van der Waals surface area (Å²) in [5.74, 6) is 2.57. The minimum Gasteiger partial charge on any atom is -0.370 e. The van der Waals surface area contributed by atoms with E-state index < -0.39 is 0 Å². The van der Waals surface area contributed by atoms with E-state index in [4.69, 9.17) is 0 Å². The fourth-order valence-electron chi connectivity index (χ4n) is 3.08. The van der Waals surface area contributed by atoms with E-state index in [9.17, 15) is 0 Å². The molecule has 1 aromatic heterocycles. The topological polar surface area (TPSA) is 28.2 Å². The van der Waals surface area contributed by atoms with Gasteiger partial charge >= 0.3 is 0 Å². The number of aromatic nitrogens is 1. The SMILES string of the molecule is CCNc1ccc(CN2CC(C)CC(C)C2C)cn1. The van der Waals surface area contributed by atoms with Crippen molar-refractivity contribution in [2.45, 2.75) is 46.7 Å². The minimum atomic E-state index is 0.671. The van der Waals surface area contributed by atoms with Gasteiger partial charge in [-0.25, -0.2) is 4.98 Å². The van der Waals surface area contributed by atoms with Crippen molar-refractivity contribution in [2.75, 3.05) is 18.4 Å². The standard InChI is InChI=1S/C16H27N3/c1-5-17-16-7-6-15(9-18-16)11-19-10-12(2)8-13(3)14(19)4/h6-7,9,12-14H,5,8,10-11H2,1-4H3,(H,17,18). The lowest BCUT2D eigenvalue weighted by atomic mass is 9.86. The number of nitrogens with one attached hydrogen (secondary N) is 1. The van der Waals surface area contributed by atoms with Gasteiger partial charge in [-0.1, -0.05) is 19.9 Å². The lowest BCUT2D eigenvalue weighted by Gasteiger charge is -2.41. The van der Waals surface area contributed by atoms with Crippen molar-refractivity contribution in [1.82, 2.24) is 9.88 Å². The fourth-order valence-corrected chi connectivity index (χ4v) is 3.08. The molecule has 1 saturated heterocycles. The first-order chi connectivity index (χ1) is 9.10. The first-order valence-electron chi connectivity index (χ1n) is 7.53. The monoisotopic (exact) mass is 261 g/mol. The molecule has 3 heteroatoms. The number of hydrogen-bond donors (Lipinski definition) is 1. The molecule has 2 heterocycles. The summed E-state index contributed by atoms with van der Waals surface area (Å²) in [6, 6.07) is 4.95. The summed E-state index contributed by atoms with van der Waals surface area (Å²) >= 11 is 0. The van der Waals surface area contributed by atoms with Gasteiger partial charge in [0.25, 0.3) is 0 Å². The summed E-state index contributed by atoms with van der Waals surface area (Å²) < 4.78 is 0. The third-order valence-electron chi connectivity index (χ3n) is 4.29. The number of likely N-dealkylation sites (tertiary alicyclic amines) is 1. The van der Waals surface area contributed by atoms with Crippen LogP contribution in [0.2, 0.25) is 0 Å². The fraction of sp³-hybridized carbons (Fsp3) is 0.688. The predicted octanol–water partition coefficient (Wildman–Crippen LogP) is 3.38. The smallest absolute Gasteiger partial charge is 0.125 e. The Kier molecular flexibility index (Phi) is 4.81. The van der Waals surface area contributed by atoms with Gasteiger partial charge in [0.2, 0.25) is 0 Å². The van der Waals surface area contributed by atoms with E-state index in [2.05, 4.69) is 55.0 Å². The maximum atomic E-state index is 4.46. The molecule has 1 aromatic rings. The molecule has 0 amide bonds. The van der Waals surface area contributed by atoms with Gasteiger partial charge < -0.3 is 5.32 Å². The van der Waals surface area contributed by atoms with Crippen LogP contribution in [0.1, 0.15) is 39.7 Å². The van der Waals surface area contributed by atoms with Crippen LogP contribution >= 0.6 is 0 Å². The molecule has 2 rings (SSSR count). The maximum absolute atomic E-state index is 4.46. The van der Waals surface area contributed by atoms with Crippen LogP contribution in [0.25, 0.3) is 0 Å². The molecule has 1 aliphatic heterocycles. The zero-order valence-corrected chi connectivity index (χ0v) is 12.7. The summed E-state index contributed by atoms with van der Waals surface area (Å²) in [7, 11) is 0. The lowest BCUT2D eigenvalue weighted by Crippen LogP contribution is -2.45. The van der Waals surface area contributed by atoms with Crippen LogP contribution < -0.4 is 5.32 Å². The molecule has 3 unspecified atom stereocenters. The van der Waals surface area contributed by atoms with Crippen molar-refractivity contribution in [3.8, 4) is 0 Å². The summed E-state index contributed by atoms with van der Waals surface area (Å²) in [5.41, 5.74) is 1.31. The molecule has 0 bridgehead atoms. The van der Waals surface area contributed by atoms with Crippen molar-refractivity contribution in [1.29, 1.82) is 0 Å². The molecule has 0 aliphatic carbocycles. The first kappa shape index (κ1) is 14.3.